The Morgan fingerprint density at radius 2 is 2.13 bits per heavy atom. The number of pyridine rings is 1. The van der Waals surface area contributed by atoms with Crippen molar-refractivity contribution in [1.29, 1.82) is 0 Å². The number of aliphatic imine (C=N–C) groups is 1. The Balaban J connectivity index is 1.79. The fourth-order valence-corrected chi connectivity index (χ4v) is 2.69. The molecule has 2 rings (SSSR count). The van der Waals surface area contributed by atoms with E-state index in [2.05, 4.69) is 34.5 Å². The zero-order chi connectivity index (χ0) is 16.5. The Morgan fingerprint density at radius 3 is 2.83 bits per heavy atom. The van der Waals surface area contributed by atoms with Gasteiger partial charge in [0.15, 0.2) is 5.96 Å². The number of rotatable bonds is 7. The van der Waals surface area contributed by atoms with Gasteiger partial charge < -0.3 is 15.4 Å². The highest BCUT2D eigenvalue weighted by molar-refractivity contribution is 5.79. The summed E-state index contributed by atoms with van der Waals surface area (Å²) in [7, 11) is 1.80. The molecule has 1 aliphatic rings. The highest BCUT2D eigenvalue weighted by Crippen LogP contribution is 2.23. The Kier molecular flexibility index (Phi) is 7.17. The molecule has 23 heavy (non-hydrogen) atoms. The largest absolute Gasteiger partial charge is 0.474 e. The Hall–Kier alpha value is -1.78. The lowest BCUT2D eigenvalue weighted by Gasteiger charge is -2.14. The van der Waals surface area contributed by atoms with Gasteiger partial charge in [-0.25, -0.2) is 4.98 Å². The van der Waals surface area contributed by atoms with Crippen molar-refractivity contribution >= 4 is 5.96 Å². The SMILES string of the molecule is CN=C(NCCC(C)C)NCc1ccnc(OC2CCCC2)c1. The monoisotopic (exact) mass is 318 g/mol. The number of hydrogen-bond donors (Lipinski definition) is 2. The molecule has 0 saturated heterocycles. The molecule has 0 aromatic carbocycles. The average molecular weight is 318 g/mol. The van der Waals surface area contributed by atoms with Crippen molar-refractivity contribution in [1.82, 2.24) is 15.6 Å². The van der Waals surface area contributed by atoms with Crippen molar-refractivity contribution in [2.45, 2.75) is 58.6 Å². The summed E-state index contributed by atoms with van der Waals surface area (Å²) in [6.45, 7) is 6.09. The Bertz CT molecular complexity index is 496. The Morgan fingerprint density at radius 1 is 1.35 bits per heavy atom. The second-order valence-electron chi connectivity index (χ2n) is 6.56. The summed E-state index contributed by atoms with van der Waals surface area (Å²) < 4.78 is 5.96. The topological polar surface area (TPSA) is 58.5 Å². The zero-order valence-corrected chi connectivity index (χ0v) is 14.6. The third-order valence-electron chi connectivity index (χ3n) is 4.09. The van der Waals surface area contributed by atoms with E-state index in [9.17, 15) is 0 Å². The van der Waals surface area contributed by atoms with Crippen LogP contribution in [-0.2, 0) is 6.54 Å². The van der Waals surface area contributed by atoms with Gasteiger partial charge in [-0.05, 0) is 49.7 Å². The summed E-state index contributed by atoms with van der Waals surface area (Å²) in [6, 6.07) is 4.03. The minimum atomic E-state index is 0.344. The van der Waals surface area contributed by atoms with E-state index in [1.54, 1.807) is 7.05 Å². The van der Waals surface area contributed by atoms with Gasteiger partial charge in [0.1, 0.15) is 6.10 Å². The van der Waals surface area contributed by atoms with Gasteiger partial charge in [-0.1, -0.05) is 13.8 Å². The number of hydrogen-bond acceptors (Lipinski definition) is 3. The molecule has 0 bridgehead atoms. The van der Waals surface area contributed by atoms with E-state index < -0.39 is 0 Å². The fourth-order valence-electron chi connectivity index (χ4n) is 2.69. The molecule has 5 heteroatoms. The maximum atomic E-state index is 5.96. The minimum Gasteiger partial charge on any atom is -0.474 e. The summed E-state index contributed by atoms with van der Waals surface area (Å²) >= 11 is 0. The molecule has 5 nitrogen and oxygen atoms in total. The van der Waals surface area contributed by atoms with E-state index in [0.29, 0.717) is 18.6 Å². The lowest BCUT2D eigenvalue weighted by atomic mass is 10.1. The summed E-state index contributed by atoms with van der Waals surface area (Å²) in [5, 5.41) is 6.67. The minimum absolute atomic E-state index is 0.344. The van der Waals surface area contributed by atoms with Gasteiger partial charge >= 0.3 is 0 Å². The first-order valence-electron chi connectivity index (χ1n) is 8.73. The molecule has 0 spiro atoms. The van der Waals surface area contributed by atoms with E-state index in [0.717, 1.165) is 43.2 Å². The predicted molar refractivity (Wildman–Crippen MR) is 94.8 cm³/mol. The second kappa shape index (κ2) is 9.38. The van der Waals surface area contributed by atoms with Gasteiger partial charge in [0.25, 0.3) is 0 Å². The molecule has 1 aliphatic carbocycles. The number of guanidine groups is 1. The molecule has 0 aliphatic heterocycles. The lowest BCUT2D eigenvalue weighted by molar-refractivity contribution is 0.201. The molecule has 2 N–H and O–H groups in total. The molecule has 0 amide bonds. The molecule has 1 heterocycles. The summed E-state index contributed by atoms with van der Waals surface area (Å²) in [4.78, 5) is 8.58. The highest BCUT2D eigenvalue weighted by Gasteiger charge is 2.17. The van der Waals surface area contributed by atoms with E-state index in [1.165, 1.54) is 12.8 Å². The van der Waals surface area contributed by atoms with Gasteiger partial charge in [-0.2, -0.15) is 0 Å². The number of nitrogens with zero attached hydrogens (tertiary/aromatic N) is 2. The molecule has 1 fully saturated rings. The van der Waals surface area contributed by atoms with Gasteiger partial charge in [-0.3, -0.25) is 4.99 Å². The summed E-state index contributed by atoms with van der Waals surface area (Å²) in [5.74, 6) is 2.26. The molecule has 0 unspecified atom stereocenters. The van der Waals surface area contributed by atoms with Crippen LogP contribution in [0.3, 0.4) is 0 Å². The van der Waals surface area contributed by atoms with Gasteiger partial charge in [0.05, 0.1) is 0 Å². The smallest absolute Gasteiger partial charge is 0.213 e. The van der Waals surface area contributed by atoms with Crippen LogP contribution in [0, 0.1) is 5.92 Å². The third-order valence-corrected chi connectivity index (χ3v) is 4.09. The van der Waals surface area contributed by atoms with E-state index >= 15 is 0 Å². The molecular weight excluding hydrogens is 288 g/mol. The lowest BCUT2D eigenvalue weighted by Crippen LogP contribution is -2.37. The molecular formula is C18H30N4O. The number of ether oxygens (including phenoxy) is 1. The number of aromatic nitrogens is 1. The van der Waals surface area contributed by atoms with Crippen LogP contribution >= 0.6 is 0 Å². The van der Waals surface area contributed by atoms with Gasteiger partial charge in [-0.15, -0.1) is 0 Å². The number of nitrogens with one attached hydrogen (secondary N) is 2. The van der Waals surface area contributed by atoms with Crippen LogP contribution in [0.1, 0.15) is 51.5 Å². The van der Waals surface area contributed by atoms with E-state index in [1.807, 2.05) is 18.3 Å². The van der Waals surface area contributed by atoms with Crippen LogP contribution in [0.2, 0.25) is 0 Å². The van der Waals surface area contributed by atoms with Crippen LogP contribution in [0.25, 0.3) is 0 Å². The molecule has 1 aromatic heterocycles. The average Bonchev–Trinajstić information content (AvgIpc) is 3.03. The van der Waals surface area contributed by atoms with Crippen LogP contribution in [-0.4, -0.2) is 30.6 Å². The first-order valence-corrected chi connectivity index (χ1v) is 8.73. The van der Waals surface area contributed by atoms with Crippen molar-refractivity contribution < 1.29 is 4.74 Å². The molecule has 128 valence electrons. The zero-order valence-electron chi connectivity index (χ0n) is 14.6. The van der Waals surface area contributed by atoms with Gasteiger partial charge in [0, 0.05) is 32.4 Å². The Labute approximate surface area is 139 Å². The molecule has 0 radical (unpaired) electrons. The molecule has 1 aromatic rings. The summed E-state index contributed by atoms with van der Waals surface area (Å²) in [5.41, 5.74) is 1.15. The van der Waals surface area contributed by atoms with E-state index in [-0.39, 0.29) is 0 Å². The quantitative estimate of drug-likeness (QED) is 0.599. The maximum Gasteiger partial charge on any atom is 0.213 e. The first-order chi connectivity index (χ1) is 11.2. The maximum absolute atomic E-state index is 5.96. The van der Waals surface area contributed by atoms with Crippen LogP contribution in [0.15, 0.2) is 23.3 Å². The van der Waals surface area contributed by atoms with Crippen LogP contribution in [0.5, 0.6) is 5.88 Å². The van der Waals surface area contributed by atoms with Crippen molar-refractivity contribution in [3.63, 3.8) is 0 Å². The second-order valence-corrected chi connectivity index (χ2v) is 6.56. The van der Waals surface area contributed by atoms with Gasteiger partial charge in [0.2, 0.25) is 5.88 Å². The third kappa shape index (κ3) is 6.47. The van der Waals surface area contributed by atoms with Crippen molar-refractivity contribution in [2.75, 3.05) is 13.6 Å². The van der Waals surface area contributed by atoms with E-state index in [4.69, 9.17) is 4.74 Å². The van der Waals surface area contributed by atoms with Crippen LogP contribution in [0.4, 0.5) is 0 Å². The molecule has 1 saturated carbocycles. The molecule has 0 atom stereocenters. The van der Waals surface area contributed by atoms with Crippen molar-refractivity contribution in [3.8, 4) is 5.88 Å². The van der Waals surface area contributed by atoms with Crippen molar-refractivity contribution in [3.05, 3.63) is 23.9 Å². The van der Waals surface area contributed by atoms with Crippen LogP contribution < -0.4 is 15.4 Å². The highest BCUT2D eigenvalue weighted by atomic mass is 16.5. The fraction of sp³-hybridized carbons (Fsp3) is 0.667. The normalized spacial score (nSPS) is 15.9. The predicted octanol–water partition coefficient (Wildman–Crippen LogP) is 3.11. The summed E-state index contributed by atoms with van der Waals surface area (Å²) in [6.07, 6.45) is 8.13. The standard InChI is InChI=1S/C18H30N4O/c1-14(2)8-10-21-18(19-3)22-13-15-9-11-20-17(12-15)23-16-6-4-5-7-16/h9,11-12,14,16H,4-8,10,13H2,1-3H3,(H2,19,21,22). The first kappa shape index (κ1) is 17.6. The van der Waals surface area contributed by atoms with Crippen molar-refractivity contribution in [2.24, 2.45) is 10.9 Å².